The Labute approximate surface area is 134 Å². The highest BCUT2D eigenvalue weighted by molar-refractivity contribution is 5.93. The number of non-ortho nitro benzene ring substituents is 1. The van der Waals surface area contributed by atoms with Crippen LogP contribution in [0.3, 0.4) is 0 Å². The summed E-state index contributed by atoms with van der Waals surface area (Å²) in [6.45, 7) is 0.433. The zero-order chi connectivity index (χ0) is 17.3. The number of amides is 1. The average Bonchev–Trinajstić information content (AvgIpc) is 2.50. The van der Waals surface area contributed by atoms with Gasteiger partial charge < -0.3 is 9.64 Å². The Kier molecular flexibility index (Phi) is 4.07. The van der Waals surface area contributed by atoms with Gasteiger partial charge >= 0.3 is 0 Å². The summed E-state index contributed by atoms with van der Waals surface area (Å²) < 4.78 is 31.9. The summed E-state index contributed by atoms with van der Waals surface area (Å²) in [6.07, 6.45) is 0.472. The van der Waals surface area contributed by atoms with E-state index in [-0.39, 0.29) is 24.9 Å². The zero-order valence-electron chi connectivity index (χ0n) is 12.2. The molecule has 2 heterocycles. The van der Waals surface area contributed by atoms with E-state index < -0.39 is 28.2 Å². The third-order valence-corrected chi connectivity index (χ3v) is 3.50. The molecule has 1 aliphatic rings. The molecule has 0 radical (unpaired) electrons. The van der Waals surface area contributed by atoms with Crippen LogP contribution in [-0.4, -0.2) is 39.9 Å². The predicted molar refractivity (Wildman–Crippen MR) is 77.6 cm³/mol. The van der Waals surface area contributed by atoms with E-state index in [2.05, 4.69) is 4.98 Å². The molecule has 0 atom stereocenters. The van der Waals surface area contributed by atoms with Crippen molar-refractivity contribution in [1.29, 1.82) is 0 Å². The van der Waals surface area contributed by atoms with Gasteiger partial charge in [0.15, 0.2) is 11.5 Å². The largest absolute Gasteiger partial charge is 0.487 e. The minimum absolute atomic E-state index is 0.0503. The molecule has 124 valence electrons. The first-order valence-electron chi connectivity index (χ1n) is 6.95. The van der Waals surface area contributed by atoms with Gasteiger partial charge in [0.05, 0.1) is 24.2 Å². The number of hydrogen-bond acceptors (Lipinski definition) is 5. The highest BCUT2D eigenvalue weighted by Gasteiger charge is 2.34. The standard InChI is InChI=1S/C15H11F2N3O4/c16-9-5-13(17)14(18-6-9)15(21)19-7-12(8-19)24-11-3-1-10(2-4-11)20(22)23/h1-6,12H,7-8H2. The number of carbonyl (C=O) groups is 1. The fourth-order valence-electron chi connectivity index (χ4n) is 2.24. The van der Waals surface area contributed by atoms with Crippen LogP contribution < -0.4 is 4.74 Å². The van der Waals surface area contributed by atoms with E-state index in [0.29, 0.717) is 11.8 Å². The molecule has 0 unspecified atom stereocenters. The second kappa shape index (κ2) is 6.19. The molecule has 1 aromatic carbocycles. The van der Waals surface area contributed by atoms with Gasteiger partial charge in [-0.1, -0.05) is 0 Å². The Morgan fingerprint density at radius 1 is 1.29 bits per heavy atom. The van der Waals surface area contributed by atoms with Gasteiger partial charge in [-0.05, 0) is 12.1 Å². The molecule has 24 heavy (non-hydrogen) atoms. The lowest BCUT2D eigenvalue weighted by molar-refractivity contribution is -0.384. The Hall–Kier alpha value is -3.10. The molecule has 0 spiro atoms. The van der Waals surface area contributed by atoms with E-state index in [1.807, 2.05) is 0 Å². The molecular formula is C15H11F2N3O4. The van der Waals surface area contributed by atoms with E-state index in [4.69, 9.17) is 4.74 Å². The maximum Gasteiger partial charge on any atom is 0.275 e. The summed E-state index contributed by atoms with van der Waals surface area (Å²) in [7, 11) is 0. The summed E-state index contributed by atoms with van der Waals surface area (Å²) in [4.78, 5) is 26.9. The van der Waals surface area contributed by atoms with E-state index in [1.165, 1.54) is 29.2 Å². The molecule has 1 aliphatic heterocycles. The molecule has 0 saturated carbocycles. The number of pyridine rings is 1. The van der Waals surface area contributed by atoms with Crippen LogP contribution in [0.15, 0.2) is 36.5 Å². The van der Waals surface area contributed by atoms with E-state index in [0.717, 1.165) is 6.20 Å². The molecule has 9 heteroatoms. The first-order chi connectivity index (χ1) is 11.4. The minimum atomic E-state index is -1.01. The smallest absolute Gasteiger partial charge is 0.275 e. The number of nitrogens with zero attached hydrogens (tertiary/aromatic N) is 3. The molecular weight excluding hydrogens is 324 g/mol. The van der Waals surface area contributed by atoms with Crippen LogP contribution in [-0.2, 0) is 0 Å². The number of carbonyl (C=O) groups excluding carboxylic acids is 1. The second-order valence-electron chi connectivity index (χ2n) is 5.18. The fraction of sp³-hybridized carbons (Fsp3) is 0.200. The quantitative estimate of drug-likeness (QED) is 0.631. The molecule has 1 fully saturated rings. The molecule has 1 saturated heterocycles. The lowest BCUT2D eigenvalue weighted by atomic mass is 10.1. The molecule has 7 nitrogen and oxygen atoms in total. The number of nitro benzene ring substituents is 1. The maximum absolute atomic E-state index is 13.5. The van der Waals surface area contributed by atoms with Gasteiger partial charge in [0.25, 0.3) is 11.6 Å². The van der Waals surface area contributed by atoms with Crippen LogP contribution in [0.25, 0.3) is 0 Å². The number of ether oxygens (including phenoxy) is 1. The van der Waals surface area contributed by atoms with Gasteiger partial charge in [-0.15, -0.1) is 0 Å². The molecule has 1 aromatic heterocycles. The van der Waals surface area contributed by atoms with Crippen molar-refractivity contribution in [3.63, 3.8) is 0 Å². The maximum atomic E-state index is 13.5. The second-order valence-corrected chi connectivity index (χ2v) is 5.18. The third kappa shape index (κ3) is 3.14. The summed E-state index contributed by atoms with van der Waals surface area (Å²) in [5.41, 5.74) is -0.490. The van der Waals surface area contributed by atoms with Gasteiger partial charge in [-0.25, -0.2) is 13.8 Å². The average molecular weight is 335 g/mol. The van der Waals surface area contributed by atoms with Crippen LogP contribution in [0.4, 0.5) is 14.5 Å². The number of aromatic nitrogens is 1. The molecule has 3 rings (SSSR count). The van der Waals surface area contributed by atoms with Crippen LogP contribution in [0.2, 0.25) is 0 Å². The van der Waals surface area contributed by atoms with Gasteiger partial charge in [0, 0.05) is 18.2 Å². The fourth-order valence-corrected chi connectivity index (χ4v) is 2.24. The van der Waals surface area contributed by atoms with Crippen LogP contribution in [0.5, 0.6) is 5.75 Å². The predicted octanol–water partition coefficient (Wildman–Crippen LogP) is 2.17. The van der Waals surface area contributed by atoms with Crippen molar-refractivity contribution in [2.75, 3.05) is 13.1 Å². The number of rotatable bonds is 4. The van der Waals surface area contributed by atoms with Crippen molar-refractivity contribution in [3.05, 3.63) is 64.0 Å². The monoisotopic (exact) mass is 335 g/mol. The molecule has 2 aromatic rings. The lowest BCUT2D eigenvalue weighted by Gasteiger charge is -2.38. The van der Waals surface area contributed by atoms with Crippen molar-refractivity contribution >= 4 is 11.6 Å². The van der Waals surface area contributed by atoms with Crippen LogP contribution >= 0.6 is 0 Å². The summed E-state index contributed by atoms with van der Waals surface area (Å²) in [5, 5.41) is 10.6. The van der Waals surface area contributed by atoms with E-state index in [1.54, 1.807) is 0 Å². The molecule has 0 N–H and O–H groups in total. The molecule has 1 amide bonds. The highest BCUT2D eigenvalue weighted by Crippen LogP contribution is 2.22. The Morgan fingerprint density at radius 2 is 1.96 bits per heavy atom. The summed E-state index contributed by atoms with van der Waals surface area (Å²) in [5.74, 6) is -2.08. The third-order valence-electron chi connectivity index (χ3n) is 3.50. The number of hydrogen-bond donors (Lipinski definition) is 0. The Morgan fingerprint density at radius 3 is 2.54 bits per heavy atom. The number of halogens is 2. The minimum Gasteiger partial charge on any atom is -0.487 e. The molecule has 0 aliphatic carbocycles. The SMILES string of the molecule is O=C(c1ncc(F)cc1F)N1CC(Oc2ccc([N+](=O)[O-])cc2)C1. The first kappa shape index (κ1) is 15.8. The van der Waals surface area contributed by atoms with E-state index in [9.17, 15) is 23.7 Å². The molecule has 0 bridgehead atoms. The van der Waals surface area contributed by atoms with Gasteiger partial charge in [0.1, 0.15) is 17.7 Å². The van der Waals surface area contributed by atoms with Crippen molar-refractivity contribution in [2.24, 2.45) is 0 Å². The summed E-state index contributed by atoms with van der Waals surface area (Å²) >= 11 is 0. The van der Waals surface area contributed by atoms with Crippen LogP contribution in [0.1, 0.15) is 10.5 Å². The normalized spacial score (nSPS) is 14.2. The first-order valence-corrected chi connectivity index (χ1v) is 6.95. The number of nitro groups is 1. The number of likely N-dealkylation sites (tertiary alicyclic amines) is 1. The lowest BCUT2D eigenvalue weighted by Crippen LogP contribution is -2.56. The Bertz CT molecular complexity index is 792. The Balaban J connectivity index is 1.57. The van der Waals surface area contributed by atoms with Gasteiger partial charge in [0.2, 0.25) is 0 Å². The van der Waals surface area contributed by atoms with Crippen molar-refractivity contribution in [2.45, 2.75) is 6.10 Å². The van der Waals surface area contributed by atoms with Gasteiger partial charge in [-0.2, -0.15) is 0 Å². The van der Waals surface area contributed by atoms with Gasteiger partial charge in [-0.3, -0.25) is 14.9 Å². The van der Waals surface area contributed by atoms with E-state index >= 15 is 0 Å². The number of benzene rings is 1. The van der Waals surface area contributed by atoms with Crippen molar-refractivity contribution in [1.82, 2.24) is 9.88 Å². The van der Waals surface area contributed by atoms with Crippen molar-refractivity contribution in [3.8, 4) is 5.75 Å². The zero-order valence-corrected chi connectivity index (χ0v) is 12.2. The van der Waals surface area contributed by atoms with Crippen LogP contribution in [0, 0.1) is 21.7 Å². The highest BCUT2D eigenvalue weighted by atomic mass is 19.1. The van der Waals surface area contributed by atoms with Crippen molar-refractivity contribution < 1.29 is 23.2 Å². The summed E-state index contributed by atoms with van der Waals surface area (Å²) in [6, 6.07) is 6.15. The topological polar surface area (TPSA) is 85.6 Å².